The summed E-state index contributed by atoms with van der Waals surface area (Å²) >= 11 is 5.90. The zero-order chi connectivity index (χ0) is 11.7. The minimum atomic E-state index is 0.637. The van der Waals surface area contributed by atoms with Gasteiger partial charge in [0, 0.05) is 5.02 Å². The second-order valence-electron chi connectivity index (χ2n) is 3.48. The zero-order valence-electron chi connectivity index (χ0n) is 8.75. The second kappa shape index (κ2) is 4.07. The van der Waals surface area contributed by atoms with Crippen LogP contribution in [-0.2, 0) is 0 Å². The maximum Gasteiger partial charge on any atom is 0.207 e. The minimum absolute atomic E-state index is 0.637. The van der Waals surface area contributed by atoms with Crippen LogP contribution in [-0.4, -0.2) is 14.6 Å². The monoisotopic (exact) mass is 245 g/mol. The van der Waals surface area contributed by atoms with E-state index in [4.69, 9.17) is 16.3 Å². The number of pyridine rings is 1. The highest BCUT2D eigenvalue weighted by atomic mass is 35.5. The molecule has 84 valence electrons. The minimum Gasteiger partial charge on any atom is -0.440 e. The number of ether oxygens (including phenoxy) is 1. The molecule has 0 unspecified atom stereocenters. The lowest BCUT2D eigenvalue weighted by Crippen LogP contribution is -1.92. The van der Waals surface area contributed by atoms with Gasteiger partial charge in [-0.1, -0.05) is 23.7 Å². The van der Waals surface area contributed by atoms with Crippen LogP contribution in [0.5, 0.6) is 11.6 Å². The van der Waals surface area contributed by atoms with E-state index in [1.807, 2.05) is 30.3 Å². The largest absolute Gasteiger partial charge is 0.440 e. The van der Waals surface area contributed by atoms with E-state index in [9.17, 15) is 0 Å². The van der Waals surface area contributed by atoms with Crippen molar-refractivity contribution in [3.05, 3.63) is 53.8 Å². The fraction of sp³-hybridized carbons (Fsp3) is 0. The third-order valence-corrected chi connectivity index (χ3v) is 2.55. The van der Waals surface area contributed by atoms with E-state index >= 15 is 0 Å². The first kappa shape index (κ1) is 10.1. The van der Waals surface area contributed by atoms with Crippen LogP contribution in [0.2, 0.25) is 5.02 Å². The Morgan fingerprint density at radius 1 is 1.12 bits per heavy atom. The second-order valence-corrected chi connectivity index (χ2v) is 3.92. The molecule has 5 heteroatoms. The van der Waals surface area contributed by atoms with E-state index in [1.54, 1.807) is 22.9 Å². The average Bonchev–Trinajstić information content (AvgIpc) is 2.78. The summed E-state index contributed by atoms with van der Waals surface area (Å²) in [5, 5.41) is 8.41. The lowest BCUT2D eigenvalue weighted by Gasteiger charge is -2.07. The van der Waals surface area contributed by atoms with Gasteiger partial charge in [-0.2, -0.15) is 0 Å². The van der Waals surface area contributed by atoms with Gasteiger partial charge in [0.25, 0.3) is 0 Å². The Bertz CT molecular complexity index is 665. The number of halogens is 1. The summed E-state index contributed by atoms with van der Waals surface area (Å²) in [6, 6.07) is 12.8. The van der Waals surface area contributed by atoms with Crippen LogP contribution in [0.15, 0.2) is 48.8 Å². The lowest BCUT2D eigenvalue weighted by molar-refractivity contribution is 0.456. The molecule has 0 saturated heterocycles. The number of hydrogen-bond donors (Lipinski definition) is 0. The molecule has 3 rings (SSSR count). The molecule has 0 spiro atoms. The van der Waals surface area contributed by atoms with Crippen molar-refractivity contribution in [1.29, 1.82) is 0 Å². The predicted octanol–water partition coefficient (Wildman–Crippen LogP) is 3.18. The van der Waals surface area contributed by atoms with Crippen LogP contribution in [0.4, 0.5) is 0 Å². The van der Waals surface area contributed by atoms with Crippen molar-refractivity contribution in [2.75, 3.05) is 0 Å². The Kier molecular flexibility index (Phi) is 2.42. The highest BCUT2D eigenvalue weighted by Gasteiger charge is 2.03. The number of aromatic nitrogens is 3. The third-order valence-electron chi connectivity index (χ3n) is 2.31. The molecule has 0 aliphatic rings. The van der Waals surface area contributed by atoms with Crippen molar-refractivity contribution in [3.8, 4) is 11.6 Å². The summed E-state index contributed by atoms with van der Waals surface area (Å²) in [5.41, 5.74) is 0.740. The van der Waals surface area contributed by atoms with Crippen molar-refractivity contribution in [2.24, 2.45) is 0 Å². The van der Waals surface area contributed by atoms with Crippen LogP contribution in [0.1, 0.15) is 0 Å². The van der Waals surface area contributed by atoms with Crippen molar-refractivity contribution >= 4 is 17.2 Å². The normalized spacial score (nSPS) is 10.6. The average molecular weight is 246 g/mol. The van der Waals surface area contributed by atoms with Gasteiger partial charge in [-0.3, -0.25) is 4.40 Å². The molecule has 0 bridgehead atoms. The highest BCUT2D eigenvalue weighted by molar-refractivity contribution is 6.30. The summed E-state index contributed by atoms with van der Waals surface area (Å²) in [6.07, 6.45) is 1.61. The quantitative estimate of drug-likeness (QED) is 0.696. The first-order chi connectivity index (χ1) is 8.33. The summed E-state index contributed by atoms with van der Waals surface area (Å²) in [6.45, 7) is 0. The first-order valence-corrected chi connectivity index (χ1v) is 5.43. The van der Waals surface area contributed by atoms with E-state index in [-0.39, 0.29) is 0 Å². The molecule has 17 heavy (non-hydrogen) atoms. The number of rotatable bonds is 2. The summed E-state index contributed by atoms with van der Waals surface area (Å²) in [4.78, 5) is 0. The molecule has 4 nitrogen and oxygen atoms in total. The van der Waals surface area contributed by atoms with Gasteiger partial charge in [0.2, 0.25) is 5.88 Å². The van der Waals surface area contributed by atoms with Crippen molar-refractivity contribution in [2.45, 2.75) is 0 Å². The van der Waals surface area contributed by atoms with Crippen LogP contribution in [0, 0.1) is 0 Å². The van der Waals surface area contributed by atoms with E-state index < -0.39 is 0 Å². The van der Waals surface area contributed by atoms with Gasteiger partial charge in [-0.25, -0.2) is 0 Å². The zero-order valence-corrected chi connectivity index (χ0v) is 9.50. The fourth-order valence-electron chi connectivity index (χ4n) is 1.56. The fourth-order valence-corrected chi connectivity index (χ4v) is 1.74. The van der Waals surface area contributed by atoms with Gasteiger partial charge >= 0.3 is 0 Å². The molecule has 0 radical (unpaired) electrons. The van der Waals surface area contributed by atoms with Gasteiger partial charge in [0.05, 0.1) is 0 Å². The topological polar surface area (TPSA) is 39.4 Å². The smallest absolute Gasteiger partial charge is 0.207 e. The van der Waals surface area contributed by atoms with Crippen LogP contribution < -0.4 is 4.74 Å². The molecule has 0 N–H and O–H groups in total. The Morgan fingerprint density at radius 2 is 2.00 bits per heavy atom. The molecular formula is C12H8ClN3O. The number of nitrogens with zero attached hydrogens (tertiary/aromatic N) is 3. The third kappa shape index (κ3) is 1.94. The molecule has 0 amide bonds. The molecule has 2 aromatic heterocycles. The number of hydrogen-bond acceptors (Lipinski definition) is 3. The van der Waals surface area contributed by atoms with E-state index in [0.717, 1.165) is 5.65 Å². The Hall–Kier alpha value is -2.07. The van der Waals surface area contributed by atoms with Crippen molar-refractivity contribution in [3.63, 3.8) is 0 Å². The first-order valence-electron chi connectivity index (χ1n) is 5.05. The van der Waals surface area contributed by atoms with Gasteiger partial charge in [0.15, 0.2) is 5.65 Å². The van der Waals surface area contributed by atoms with Gasteiger partial charge in [-0.15, -0.1) is 10.2 Å². The SMILES string of the molecule is Clc1cccc(Oc2cccc3nncn23)c1. The molecule has 0 fully saturated rings. The van der Waals surface area contributed by atoms with Crippen LogP contribution in [0.25, 0.3) is 5.65 Å². The van der Waals surface area contributed by atoms with Crippen molar-refractivity contribution < 1.29 is 4.74 Å². The molecule has 0 atom stereocenters. The van der Waals surface area contributed by atoms with E-state index in [2.05, 4.69) is 10.2 Å². The number of benzene rings is 1. The lowest BCUT2D eigenvalue weighted by atomic mass is 10.3. The predicted molar refractivity (Wildman–Crippen MR) is 64.5 cm³/mol. The van der Waals surface area contributed by atoms with E-state index in [1.165, 1.54) is 0 Å². The maximum absolute atomic E-state index is 5.90. The molecule has 0 aliphatic heterocycles. The Labute approximate surface area is 102 Å². The van der Waals surface area contributed by atoms with Crippen molar-refractivity contribution in [1.82, 2.24) is 14.6 Å². The maximum atomic E-state index is 5.90. The molecule has 1 aromatic carbocycles. The molecule has 0 saturated carbocycles. The summed E-state index contributed by atoms with van der Waals surface area (Å²) in [7, 11) is 0. The van der Waals surface area contributed by atoms with Gasteiger partial charge in [-0.05, 0) is 30.3 Å². The molecule has 3 aromatic rings. The molecule has 2 heterocycles. The Balaban J connectivity index is 2.02. The van der Waals surface area contributed by atoms with Crippen LogP contribution in [0.3, 0.4) is 0 Å². The molecule has 0 aliphatic carbocycles. The Morgan fingerprint density at radius 3 is 2.88 bits per heavy atom. The van der Waals surface area contributed by atoms with E-state index in [0.29, 0.717) is 16.7 Å². The summed E-state index contributed by atoms with van der Waals surface area (Å²) < 4.78 is 7.49. The number of fused-ring (bicyclic) bond motifs is 1. The van der Waals surface area contributed by atoms with Crippen LogP contribution >= 0.6 is 11.6 Å². The molecular weight excluding hydrogens is 238 g/mol. The summed E-state index contributed by atoms with van der Waals surface area (Å²) in [5.74, 6) is 1.33. The highest BCUT2D eigenvalue weighted by Crippen LogP contribution is 2.24. The van der Waals surface area contributed by atoms with Gasteiger partial charge < -0.3 is 4.74 Å². The van der Waals surface area contributed by atoms with Gasteiger partial charge in [0.1, 0.15) is 12.1 Å². The standard InChI is InChI=1S/C12H8ClN3O/c13-9-3-1-4-10(7-9)17-12-6-2-5-11-15-14-8-16(11)12/h1-8H.